The van der Waals surface area contributed by atoms with Crippen LogP contribution < -0.4 is 5.73 Å². The van der Waals surface area contributed by atoms with Crippen molar-refractivity contribution >= 4 is 11.5 Å². The summed E-state index contributed by atoms with van der Waals surface area (Å²) >= 11 is 0. The summed E-state index contributed by atoms with van der Waals surface area (Å²) in [6.07, 6.45) is 0. The quantitative estimate of drug-likeness (QED) is 0.630. The summed E-state index contributed by atoms with van der Waals surface area (Å²) in [6, 6.07) is 13.0. The first-order chi connectivity index (χ1) is 8.08. The SMILES string of the molecule is Cc1ccc(C(=O)c2ccc(N)cc2C)cc1. The van der Waals surface area contributed by atoms with Crippen molar-refractivity contribution in [2.45, 2.75) is 13.8 Å². The molecule has 17 heavy (non-hydrogen) atoms. The van der Waals surface area contributed by atoms with Crippen LogP contribution in [0.5, 0.6) is 0 Å². The summed E-state index contributed by atoms with van der Waals surface area (Å²) < 4.78 is 0. The summed E-state index contributed by atoms with van der Waals surface area (Å²) in [5.74, 6) is 0.0440. The van der Waals surface area contributed by atoms with Crippen LogP contribution in [0.1, 0.15) is 27.0 Å². The fourth-order valence-electron chi connectivity index (χ4n) is 1.80. The molecule has 0 unspecified atom stereocenters. The number of rotatable bonds is 2. The van der Waals surface area contributed by atoms with Crippen molar-refractivity contribution in [3.8, 4) is 0 Å². The van der Waals surface area contributed by atoms with E-state index >= 15 is 0 Å². The number of anilines is 1. The van der Waals surface area contributed by atoms with Crippen LogP contribution in [0, 0.1) is 13.8 Å². The van der Waals surface area contributed by atoms with Crippen molar-refractivity contribution in [2.75, 3.05) is 5.73 Å². The highest BCUT2D eigenvalue weighted by molar-refractivity contribution is 6.10. The molecular formula is C15H15NO. The number of aryl methyl sites for hydroxylation is 2. The van der Waals surface area contributed by atoms with Gasteiger partial charge < -0.3 is 5.73 Å². The first kappa shape index (κ1) is 11.4. The van der Waals surface area contributed by atoms with Gasteiger partial charge in [0.05, 0.1) is 0 Å². The van der Waals surface area contributed by atoms with Gasteiger partial charge in [0.25, 0.3) is 0 Å². The van der Waals surface area contributed by atoms with Crippen LogP contribution in [-0.4, -0.2) is 5.78 Å². The minimum atomic E-state index is 0.0440. The van der Waals surface area contributed by atoms with Crippen LogP contribution in [0.25, 0.3) is 0 Å². The van der Waals surface area contributed by atoms with Crippen molar-refractivity contribution < 1.29 is 4.79 Å². The minimum Gasteiger partial charge on any atom is -0.399 e. The number of benzene rings is 2. The van der Waals surface area contributed by atoms with Crippen molar-refractivity contribution in [1.82, 2.24) is 0 Å². The number of carbonyl (C=O) groups excluding carboxylic acids is 1. The molecule has 0 fully saturated rings. The molecule has 0 aliphatic heterocycles. The Hall–Kier alpha value is -2.09. The molecule has 0 saturated heterocycles. The van der Waals surface area contributed by atoms with Gasteiger partial charge >= 0.3 is 0 Å². The van der Waals surface area contributed by atoms with E-state index in [1.54, 1.807) is 12.1 Å². The van der Waals surface area contributed by atoms with Gasteiger partial charge in [-0.1, -0.05) is 29.8 Å². The number of hydrogen-bond acceptors (Lipinski definition) is 2. The zero-order chi connectivity index (χ0) is 12.4. The molecule has 2 aromatic carbocycles. The van der Waals surface area contributed by atoms with Crippen molar-refractivity contribution in [1.29, 1.82) is 0 Å². The fraction of sp³-hybridized carbons (Fsp3) is 0.133. The van der Waals surface area contributed by atoms with Crippen LogP contribution in [0.15, 0.2) is 42.5 Å². The summed E-state index contributed by atoms with van der Waals surface area (Å²) in [4.78, 5) is 12.2. The molecule has 0 radical (unpaired) electrons. The molecule has 0 amide bonds. The molecule has 0 aliphatic carbocycles. The first-order valence-electron chi connectivity index (χ1n) is 5.55. The van der Waals surface area contributed by atoms with Crippen molar-refractivity contribution in [3.63, 3.8) is 0 Å². The second-order valence-electron chi connectivity index (χ2n) is 4.27. The van der Waals surface area contributed by atoms with E-state index in [2.05, 4.69) is 0 Å². The smallest absolute Gasteiger partial charge is 0.193 e. The zero-order valence-electron chi connectivity index (χ0n) is 10.0. The maximum atomic E-state index is 12.2. The summed E-state index contributed by atoms with van der Waals surface area (Å²) in [6.45, 7) is 3.90. The largest absolute Gasteiger partial charge is 0.399 e. The average Bonchev–Trinajstić information content (AvgIpc) is 2.29. The van der Waals surface area contributed by atoms with Crippen LogP contribution in [0.3, 0.4) is 0 Å². The van der Waals surface area contributed by atoms with Gasteiger partial charge in [0.2, 0.25) is 0 Å². The maximum absolute atomic E-state index is 12.2. The Kier molecular flexibility index (Phi) is 2.96. The Balaban J connectivity index is 2.40. The first-order valence-corrected chi connectivity index (χ1v) is 5.55. The lowest BCUT2D eigenvalue weighted by molar-refractivity contribution is 0.103. The van der Waals surface area contributed by atoms with Crippen molar-refractivity contribution in [2.24, 2.45) is 0 Å². The molecule has 2 nitrogen and oxygen atoms in total. The molecule has 0 aliphatic rings. The Labute approximate surface area is 101 Å². The van der Waals surface area contributed by atoms with E-state index in [0.717, 1.165) is 11.1 Å². The second-order valence-corrected chi connectivity index (χ2v) is 4.27. The van der Waals surface area contributed by atoms with Gasteiger partial charge in [0.15, 0.2) is 5.78 Å². The molecule has 2 aromatic rings. The van der Waals surface area contributed by atoms with Gasteiger partial charge in [-0.3, -0.25) is 4.79 Å². The molecule has 0 aromatic heterocycles. The highest BCUT2D eigenvalue weighted by Crippen LogP contribution is 2.17. The maximum Gasteiger partial charge on any atom is 0.193 e. The van der Waals surface area contributed by atoms with E-state index in [1.165, 1.54) is 0 Å². The second kappa shape index (κ2) is 4.42. The van der Waals surface area contributed by atoms with E-state index in [0.29, 0.717) is 16.8 Å². The van der Waals surface area contributed by atoms with Gasteiger partial charge in [-0.25, -0.2) is 0 Å². The molecule has 0 atom stereocenters. The molecule has 0 saturated carbocycles. The van der Waals surface area contributed by atoms with Gasteiger partial charge in [0, 0.05) is 16.8 Å². The molecule has 0 heterocycles. The standard InChI is InChI=1S/C15H15NO/c1-10-3-5-12(6-4-10)15(17)14-8-7-13(16)9-11(14)2/h3-9H,16H2,1-2H3. The summed E-state index contributed by atoms with van der Waals surface area (Å²) in [5, 5.41) is 0. The lowest BCUT2D eigenvalue weighted by Crippen LogP contribution is -2.04. The van der Waals surface area contributed by atoms with E-state index in [-0.39, 0.29) is 5.78 Å². The lowest BCUT2D eigenvalue weighted by Gasteiger charge is -2.06. The minimum absolute atomic E-state index is 0.0440. The van der Waals surface area contributed by atoms with Gasteiger partial charge in [-0.05, 0) is 37.6 Å². The predicted molar refractivity (Wildman–Crippen MR) is 70.2 cm³/mol. The van der Waals surface area contributed by atoms with Gasteiger partial charge in [-0.2, -0.15) is 0 Å². The monoisotopic (exact) mass is 225 g/mol. The molecule has 2 heteroatoms. The Morgan fingerprint density at radius 1 is 1.00 bits per heavy atom. The predicted octanol–water partition coefficient (Wildman–Crippen LogP) is 3.12. The Morgan fingerprint density at radius 3 is 2.24 bits per heavy atom. The number of hydrogen-bond donors (Lipinski definition) is 1. The Bertz CT molecular complexity index is 556. The third kappa shape index (κ3) is 2.36. The lowest BCUT2D eigenvalue weighted by atomic mass is 9.98. The Morgan fingerprint density at radius 2 is 1.65 bits per heavy atom. The zero-order valence-corrected chi connectivity index (χ0v) is 10.0. The van der Waals surface area contributed by atoms with E-state index in [1.807, 2.05) is 44.2 Å². The molecule has 2 rings (SSSR count). The van der Waals surface area contributed by atoms with Crippen LogP contribution in [0.4, 0.5) is 5.69 Å². The summed E-state index contributed by atoms with van der Waals surface area (Å²) in [7, 11) is 0. The third-order valence-corrected chi connectivity index (χ3v) is 2.81. The van der Waals surface area contributed by atoms with Crippen LogP contribution in [-0.2, 0) is 0 Å². The third-order valence-electron chi connectivity index (χ3n) is 2.81. The van der Waals surface area contributed by atoms with Crippen LogP contribution >= 0.6 is 0 Å². The van der Waals surface area contributed by atoms with Crippen molar-refractivity contribution in [3.05, 3.63) is 64.7 Å². The molecule has 0 bridgehead atoms. The summed E-state index contributed by atoms with van der Waals surface area (Å²) in [5.41, 5.74) is 9.84. The highest BCUT2D eigenvalue weighted by atomic mass is 16.1. The van der Waals surface area contributed by atoms with E-state index in [9.17, 15) is 4.79 Å². The number of carbonyl (C=O) groups is 1. The molecule has 0 spiro atoms. The highest BCUT2D eigenvalue weighted by Gasteiger charge is 2.11. The number of ketones is 1. The van der Waals surface area contributed by atoms with E-state index in [4.69, 9.17) is 5.73 Å². The molecule has 86 valence electrons. The number of nitrogen functional groups attached to an aromatic ring is 1. The van der Waals surface area contributed by atoms with Gasteiger partial charge in [-0.15, -0.1) is 0 Å². The van der Waals surface area contributed by atoms with Crippen LogP contribution in [0.2, 0.25) is 0 Å². The molecular weight excluding hydrogens is 210 g/mol. The van der Waals surface area contributed by atoms with Gasteiger partial charge in [0.1, 0.15) is 0 Å². The average molecular weight is 225 g/mol. The normalized spacial score (nSPS) is 10.2. The fourth-order valence-corrected chi connectivity index (χ4v) is 1.80. The topological polar surface area (TPSA) is 43.1 Å². The van der Waals surface area contributed by atoms with E-state index < -0.39 is 0 Å². The number of nitrogens with two attached hydrogens (primary N) is 1. The molecule has 2 N–H and O–H groups in total.